The maximum absolute atomic E-state index is 13.2. The first-order chi connectivity index (χ1) is 24.3. The monoisotopic (exact) mass is 715 g/mol. The van der Waals surface area contributed by atoms with Gasteiger partial charge < -0.3 is 29.3 Å². The topological polar surface area (TPSA) is 96.5 Å². The third-order valence-electron chi connectivity index (χ3n) is 9.58. The van der Waals surface area contributed by atoms with E-state index in [-0.39, 0.29) is 24.5 Å². The van der Waals surface area contributed by atoms with Crippen molar-refractivity contribution in [2.45, 2.75) is 32.7 Å². The van der Waals surface area contributed by atoms with E-state index in [9.17, 15) is 9.59 Å². The Morgan fingerprint density at radius 1 is 0.900 bits per heavy atom. The Morgan fingerprint density at radius 3 is 2.48 bits per heavy atom. The number of hydrogen-bond acceptors (Lipinski definition) is 8. The molecule has 10 nitrogen and oxygen atoms in total. The van der Waals surface area contributed by atoms with Gasteiger partial charge in [-0.2, -0.15) is 0 Å². The molecule has 50 heavy (non-hydrogen) atoms. The van der Waals surface area contributed by atoms with E-state index in [1.54, 1.807) is 30.5 Å². The number of amides is 2. The predicted octanol–water partition coefficient (Wildman–Crippen LogP) is 7.42. The van der Waals surface area contributed by atoms with Crippen LogP contribution in [0.15, 0.2) is 72.9 Å². The quantitative estimate of drug-likeness (QED) is 0.191. The van der Waals surface area contributed by atoms with Crippen molar-refractivity contribution < 1.29 is 23.8 Å². The molecule has 0 saturated carbocycles. The third-order valence-corrected chi connectivity index (χ3v) is 10.3. The summed E-state index contributed by atoms with van der Waals surface area (Å²) in [6.45, 7) is 8.17. The van der Waals surface area contributed by atoms with Gasteiger partial charge in [0.15, 0.2) is 11.5 Å². The summed E-state index contributed by atoms with van der Waals surface area (Å²) in [6.07, 6.45) is 4.17. The largest absolute Gasteiger partial charge is 0.454 e. The van der Waals surface area contributed by atoms with E-state index in [4.69, 9.17) is 37.4 Å². The van der Waals surface area contributed by atoms with Crippen LogP contribution in [0.25, 0.3) is 0 Å². The number of nitrogens with one attached hydrogen (secondary N) is 1. The molecule has 1 N–H and O–H groups in total. The normalized spacial score (nSPS) is 16.4. The summed E-state index contributed by atoms with van der Waals surface area (Å²) in [6, 6.07) is 20.4. The zero-order valence-corrected chi connectivity index (χ0v) is 29.4. The Labute approximate surface area is 301 Å². The molecule has 0 radical (unpaired) electrons. The van der Waals surface area contributed by atoms with Crippen LogP contribution in [0.5, 0.6) is 23.1 Å². The van der Waals surface area contributed by atoms with Gasteiger partial charge in [-0.1, -0.05) is 29.3 Å². The average molecular weight is 717 g/mol. The molecular formula is C38H39Cl2N5O5. The molecule has 0 aliphatic carbocycles. The Bertz CT molecular complexity index is 1870. The van der Waals surface area contributed by atoms with Crippen LogP contribution in [0, 0.1) is 12.8 Å². The molecule has 0 unspecified atom stereocenters. The van der Waals surface area contributed by atoms with Gasteiger partial charge in [-0.15, -0.1) is 0 Å². The number of aromatic nitrogens is 1. The molecule has 12 heteroatoms. The van der Waals surface area contributed by atoms with Gasteiger partial charge in [-0.05, 0) is 97.5 Å². The number of nitrogens with zero attached hydrogens (tertiary/aromatic N) is 4. The number of carbonyl (C=O) groups is 2. The number of carbonyl (C=O) groups excluding carboxylic acids is 2. The Morgan fingerprint density at radius 2 is 1.70 bits per heavy atom. The number of anilines is 2. The van der Waals surface area contributed by atoms with E-state index in [1.165, 1.54) is 11.6 Å². The molecule has 2 saturated heterocycles. The summed E-state index contributed by atoms with van der Waals surface area (Å²) in [4.78, 5) is 37.3. The second-order valence-corrected chi connectivity index (χ2v) is 13.8. The number of aryl methyl sites for hydroxylation is 1. The van der Waals surface area contributed by atoms with E-state index >= 15 is 0 Å². The summed E-state index contributed by atoms with van der Waals surface area (Å²) in [5, 5.41) is 3.54. The van der Waals surface area contributed by atoms with Crippen molar-refractivity contribution in [1.29, 1.82) is 0 Å². The number of ether oxygens (including phenoxy) is 3. The minimum atomic E-state index is -0.352. The maximum atomic E-state index is 13.2. The molecule has 3 aliphatic rings. The maximum Gasteiger partial charge on any atom is 0.255 e. The number of piperazine rings is 1. The SMILES string of the molecule is Cc1cc(N2CCC(CC(=O)N3CCN(Cc4ccc5c(c4)OCO5)CC3)CC2)ccc1Oc1ncccc1NC(=O)c1ccc(Cl)c(Cl)c1. The molecule has 3 aliphatic heterocycles. The highest BCUT2D eigenvalue weighted by Crippen LogP contribution is 2.35. The Kier molecular flexibility index (Phi) is 10.3. The lowest BCUT2D eigenvalue weighted by Gasteiger charge is -2.37. The van der Waals surface area contributed by atoms with Crippen molar-refractivity contribution in [1.82, 2.24) is 14.8 Å². The van der Waals surface area contributed by atoms with Gasteiger partial charge in [0.2, 0.25) is 18.6 Å². The van der Waals surface area contributed by atoms with Crippen LogP contribution in [0.1, 0.15) is 40.7 Å². The fourth-order valence-electron chi connectivity index (χ4n) is 6.67. The van der Waals surface area contributed by atoms with Crippen molar-refractivity contribution in [3.05, 3.63) is 99.7 Å². The van der Waals surface area contributed by atoms with Crippen LogP contribution < -0.4 is 24.4 Å². The third kappa shape index (κ3) is 7.93. The second kappa shape index (κ2) is 15.2. The smallest absolute Gasteiger partial charge is 0.255 e. The molecule has 7 rings (SSSR count). The van der Waals surface area contributed by atoms with Gasteiger partial charge in [0, 0.05) is 69.7 Å². The first-order valence-corrected chi connectivity index (χ1v) is 17.7. The van der Waals surface area contributed by atoms with Gasteiger partial charge >= 0.3 is 0 Å². The summed E-state index contributed by atoms with van der Waals surface area (Å²) >= 11 is 12.1. The Balaban J connectivity index is 0.877. The number of fused-ring (bicyclic) bond motifs is 1. The van der Waals surface area contributed by atoms with Gasteiger partial charge in [0.1, 0.15) is 11.4 Å². The van der Waals surface area contributed by atoms with Crippen molar-refractivity contribution in [3.63, 3.8) is 0 Å². The average Bonchev–Trinajstić information content (AvgIpc) is 3.60. The summed E-state index contributed by atoms with van der Waals surface area (Å²) < 4.78 is 17.1. The number of halogens is 2. The molecule has 2 amide bonds. The number of pyridine rings is 1. The van der Waals surface area contributed by atoms with E-state index in [0.29, 0.717) is 39.4 Å². The zero-order valence-electron chi connectivity index (χ0n) is 27.9. The lowest BCUT2D eigenvalue weighted by molar-refractivity contribution is -0.134. The molecule has 0 bridgehead atoms. The van der Waals surface area contributed by atoms with Crippen LogP contribution in [0.4, 0.5) is 11.4 Å². The fraction of sp³-hybridized carbons (Fsp3) is 0.342. The molecule has 4 aromatic rings. The Hall–Kier alpha value is -4.51. The highest BCUT2D eigenvalue weighted by molar-refractivity contribution is 6.42. The van der Waals surface area contributed by atoms with Crippen LogP contribution in [-0.2, 0) is 11.3 Å². The van der Waals surface area contributed by atoms with Crippen LogP contribution in [0.2, 0.25) is 10.0 Å². The minimum absolute atomic E-state index is 0.269. The number of piperidine rings is 1. The highest BCUT2D eigenvalue weighted by atomic mass is 35.5. The van der Waals surface area contributed by atoms with Gasteiger partial charge in [-0.3, -0.25) is 14.5 Å². The van der Waals surface area contributed by atoms with Crippen molar-refractivity contribution in [2.75, 3.05) is 56.3 Å². The molecule has 4 heterocycles. The molecule has 1 aromatic heterocycles. The number of hydrogen-bond donors (Lipinski definition) is 1. The molecule has 0 atom stereocenters. The zero-order chi connectivity index (χ0) is 34.6. The molecular weight excluding hydrogens is 677 g/mol. The second-order valence-electron chi connectivity index (χ2n) is 13.0. The van der Waals surface area contributed by atoms with Crippen molar-refractivity contribution >= 4 is 46.4 Å². The number of rotatable bonds is 9. The standard InChI is InChI=1S/C38H39Cl2N5O5/c1-25-19-29(6-9-33(25)50-38-32(3-2-12-41-38)42-37(47)28-5-7-30(39)31(40)22-28)44-13-10-26(11-14-44)21-36(46)45-17-15-43(16-18-45)23-27-4-8-34-35(20-27)49-24-48-34/h2-9,12,19-20,22,26H,10-11,13-18,21,23-24H2,1H3,(H,42,47). The van der Waals surface area contributed by atoms with E-state index in [0.717, 1.165) is 81.4 Å². The van der Waals surface area contributed by atoms with E-state index < -0.39 is 0 Å². The van der Waals surface area contributed by atoms with Gasteiger partial charge in [0.05, 0.1) is 10.0 Å². The first kappa shape index (κ1) is 34.0. The highest BCUT2D eigenvalue weighted by Gasteiger charge is 2.27. The lowest BCUT2D eigenvalue weighted by Crippen LogP contribution is -2.48. The van der Waals surface area contributed by atoms with Gasteiger partial charge in [-0.25, -0.2) is 4.98 Å². The summed E-state index contributed by atoms with van der Waals surface area (Å²) in [7, 11) is 0. The molecule has 0 spiro atoms. The fourth-order valence-corrected chi connectivity index (χ4v) is 6.97. The van der Waals surface area contributed by atoms with E-state index in [2.05, 4.69) is 38.3 Å². The summed E-state index contributed by atoms with van der Waals surface area (Å²) in [5.41, 5.74) is 4.07. The van der Waals surface area contributed by atoms with Crippen molar-refractivity contribution in [3.8, 4) is 23.1 Å². The molecule has 260 valence electrons. The first-order valence-electron chi connectivity index (χ1n) is 16.9. The van der Waals surface area contributed by atoms with Crippen molar-refractivity contribution in [2.24, 2.45) is 5.92 Å². The van der Waals surface area contributed by atoms with Gasteiger partial charge in [0.25, 0.3) is 5.91 Å². The van der Waals surface area contributed by atoms with Crippen LogP contribution in [-0.4, -0.2) is 72.7 Å². The lowest BCUT2D eigenvalue weighted by atomic mass is 9.92. The molecule has 2 fully saturated rings. The van der Waals surface area contributed by atoms with Crippen LogP contribution >= 0.6 is 23.2 Å². The molecule has 3 aromatic carbocycles. The predicted molar refractivity (Wildman–Crippen MR) is 194 cm³/mol. The minimum Gasteiger partial charge on any atom is -0.454 e. The van der Waals surface area contributed by atoms with Crippen LogP contribution in [0.3, 0.4) is 0 Å². The number of benzene rings is 3. The summed E-state index contributed by atoms with van der Waals surface area (Å²) in [5.74, 6) is 2.85. The van der Waals surface area contributed by atoms with E-state index in [1.807, 2.05) is 30.0 Å².